The van der Waals surface area contributed by atoms with E-state index in [0.29, 0.717) is 16.2 Å². The zero-order valence-electron chi connectivity index (χ0n) is 11.1. The van der Waals surface area contributed by atoms with Crippen molar-refractivity contribution in [3.63, 3.8) is 0 Å². The molecule has 0 heterocycles. The van der Waals surface area contributed by atoms with Gasteiger partial charge in [-0.25, -0.2) is 4.39 Å². The summed E-state index contributed by atoms with van der Waals surface area (Å²) >= 11 is 1.36. The van der Waals surface area contributed by atoms with Crippen molar-refractivity contribution in [3.8, 4) is 22.6 Å². The summed E-state index contributed by atoms with van der Waals surface area (Å²) in [5.41, 5.74) is 1.33. The second kappa shape index (κ2) is 5.97. The van der Waals surface area contributed by atoms with Crippen LogP contribution in [0.3, 0.4) is 0 Å². The Balaban J connectivity index is 2.53. The average molecular weight is 278 g/mol. The van der Waals surface area contributed by atoms with Gasteiger partial charge in [0.2, 0.25) is 0 Å². The molecule has 2 aromatic carbocycles. The van der Waals surface area contributed by atoms with Crippen molar-refractivity contribution in [1.82, 2.24) is 0 Å². The minimum absolute atomic E-state index is 0.224. The lowest BCUT2D eigenvalue weighted by atomic mass is 10.0. The van der Waals surface area contributed by atoms with Crippen molar-refractivity contribution >= 4 is 11.8 Å². The molecule has 0 aliphatic heterocycles. The van der Waals surface area contributed by atoms with Gasteiger partial charge in [0, 0.05) is 10.5 Å². The van der Waals surface area contributed by atoms with E-state index in [0.717, 1.165) is 11.3 Å². The minimum Gasteiger partial charge on any atom is -0.497 e. The van der Waals surface area contributed by atoms with Crippen LogP contribution in [0, 0.1) is 5.82 Å². The normalized spacial score (nSPS) is 10.3. The molecule has 0 aromatic heterocycles. The summed E-state index contributed by atoms with van der Waals surface area (Å²) in [5.74, 6) is 1.17. The number of rotatable bonds is 4. The molecule has 2 rings (SSSR count). The Hall–Kier alpha value is -1.68. The highest BCUT2D eigenvalue weighted by atomic mass is 32.2. The third-order valence-electron chi connectivity index (χ3n) is 2.87. The molecule has 0 atom stereocenters. The summed E-state index contributed by atoms with van der Waals surface area (Å²) in [7, 11) is 3.18. The summed E-state index contributed by atoms with van der Waals surface area (Å²) in [6.07, 6.45) is 1.84. The Kier molecular flexibility index (Phi) is 4.32. The van der Waals surface area contributed by atoms with Gasteiger partial charge in [-0.3, -0.25) is 0 Å². The largest absolute Gasteiger partial charge is 0.497 e. The van der Waals surface area contributed by atoms with Crippen LogP contribution < -0.4 is 9.47 Å². The highest BCUT2D eigenvalue weighted by Gasteiger charge is 2.12. The van der Waals surface area contributed by atoms with E-state index in [9.17, 15) is 4.39 Å². The van der Waals surface area contributed by atoms with Crippen LogP contribution in [0.25, 0.3) is 11.1 Å². The molecule has 0 saturated heterocycles. The van der Waals surface area contributed by atoms with Crippen molar-refractivity contribution in [2.75, 3.05) is 20.5 Å². The molecule has 4 heteroatoms. The molecule has 19 heavy (non-hydrogen) atoms. The van der Waals surface area contributed by atoms with Gasteiger partial charge in [-0.15, -0.1) is 11.8 Å². The first-order valence-corrected chi connectivity index (χ1v) is 6.98. The molecular formula is C15H15FO2S. The van der Waals surface area contributed by atoms with E-state index >= 15 is 0 Å². The fraction of sp³-hybridized carbons (Fsp3) is 0.200. The Morgan fingerprint density at radius 3 is 2.11 bits per heavy atom. The van der Waals surface area contributed by atoms with Crippen LogP contribution in [0.2, 0.25) is 0 Å². The first-order valence-electron chi connectivity index (χ1n) is 5.75. The van der Waals surface area contributed by atoms with E-state index < -0.39 is 0 Å². The van der Waals surface area contributed by atoms with E-state index in [1.807, 2.05) is 30.5 Å². The van der Waals surface area contributed by atoms with Crippen molar-refractivity contribution in [3.05, 3.63) is 42.2 Å². The molecule has 0 unspecified atom stereocenters. The second-order valence-corrected chi connectivity index (χ2v) is 4.77. The van der Waals surface area contributed by atoms with Crippen LogP contribution in [0.1, 0.15) is 0 Å². The molecule has 0 fully saturated rings. The summed E-state index contributed by atoms with van der Waals surface area (Å²) in [6.45, 7) is 0. The number of halogens is 1. The van der Waals surface area contributed by atoms with Gasteiger partial charge in [-0.2, -0.15) is 0 Å². The van der Waals surface area contributed by atoms with Gasteiger partial charge >= 0.3 is 0 Å². The molecule has 0 aliphatic rings. The molecule has 2 nitrogen and oxygen atoms in total. The Bertz CT molecular complexity index is 567. The quantitative estimate of drug-likeness (QED) is 0.780. The fourth-order valence-corrected chi connectivity index (χ4v) is 2.34. The number of methoxy groups -OCH3 is 2. The van der Waals surface area contributed by atoms with E-state index in [1.54, 1.807) is 26.4 Å². The van der Waals surface area contributed by atoms with Gasteiger partial charge in [0.1, 0.15) is 17.3 Å². The van der Waals surface area contributed by atoms with Gasteiger partial charge < -0.3 is 9.47 Å². The topological polar surface area (TPSA) is 18.5 Å². The number of hydrogen-bond donors (Lipinski definition) is 0. The maximum absolute atomic E-state index is 14.3. The third-order valence-corrected chi connectivity index (χ3v) is 3.61. The van der Waals surface area contributed by atoms with Crippen LogP contribution >= 0.6 is 11.8 Å². The van der Waals surface area contributed by atoms with Crippen LogP contribution in [-0.2, 0) is 0 Å². The summed E-state index contributed by atoms with van der Waals surface area (Å²) in [4.78, 5) is 0.574. The molecular weight excluding hydrogens is 263 g/mol. The molecule has 0 saturated carbocycles. The van der Waals surface area contributed by atoms with E-state index in [2.05, 4.69) is 0 Å². The summed E-state index contributed by atoms with van der Waals surface area (Å²) < 4.78 is 24.7. The van der Waals surface area contributed by atoms with Gasteiger partial charge in [0.15, 0.2) is 0 Å². The zero-order chi connectivity index (χ0) is 13.8. The Labute approximate surface area is 116 Å². The van der Waals surface area contributed by atoms with Crippen molar-refractivity contribution in [2.45, 2.75) is 4.90 Å². The van der Waals surface area contributed by atoms with Gasteiger partial charge in [0.05, 0.1) is 14.2 Å². The van der Waals surface area contributed by atoms with Crippen LogP contribution in [0.15, 0.2) is 41.3 Å². The molecule has 0 bridgehead atoms. The minimum atomic E-state index is -0.224. The highest BCUT2D eigenvalue weighted by Crippen LogP contribution is 2.34. The first-order chi connectivity index (χ1) is 9.19. The molecule has 2 aromatic rings. The predicted octanol–water partition coefficient (Wildman–Crippen LogP) is 4.23. The lowest BCUT2D eigenvalue weighted by Gasteiger charge is -2.10. The van der Waals surface area contributed by atoms with Gasteiger partial charge in [0.25, 0.3) is 0 Å². The molecule has 0 amide bonds. The zero-order valence-corrected chi connectivity index (χ0v) is 11.9. The number of hydrogen-bond acceptors (Lipinski definition) is 3. The standard InChI is InChI=1S/C15H15FO2S/c1-17-11-6-4-10(5-7-11)13-8-12(18-2)9-14(19-3)15(13)16/h4-9H,1-3H3. The van der Waals surface area contributed by atoms with E-state index in [4.69, 9.17) is 9.47 Å². The molecule has 0 radical (unpaired) electrons. The van der Waals surface area contributed by atoms with Crippen molar-refractivity contribution < 1.29 is 13.9 Å². The monoisotopic (exact) mass is 278 g/mol. The Morgan fingerprint density at radius 1 is 0.947 bits per heavy atom. The molecule has 0 aliphatic carbocycles. The van der Waals surface area contributed by atoms with Crippen molar-refractivity contribution in [1.29, 1.82) is 0 Å². The average Bonchev–Trinajstić information content (AvgIpc) is 2.47. The summed E-state index contributed by atoms with van der Waals surface area (Å²) in [5, 5.41) is 0. The van der Waals surface area contributed by atoms with Crippen LogP contribution in [0.4, 0.5) is 4.39 Å². The molecule has 0 N–H and O–H groups in total. The number of ether oxygens (including phenoxy) is 2. The van der Waals surface area contributed by atoms with Crippen LogP contribution in [-0.4, -0.2) is 20.5 Å². The fourth-order valence-electron chi connectivity index (χ4n) is 1.82. The lowest BCUT2D eigenvalue weighted by Crippen LogP contribution is -1.92. The lowest BCUT2D eigenvalue weighted by molar-refractivity contribution is 0.412. The first kappa shape index (κ1) is 13.7. The van der Waals surface area contributed by atoms with E-state index in [1.165, 1.54) is 11.8 Å². The highest BCUT2D eigenvalue weighted by molar-refractivity contribution is 7.98. The van der Waals surface area contributed by atoms with Crippen LogP contribution in [0.5, 0.6) is 11.5 Å². The molecule has 0 spiro atoms. The Morgan fingerprint density at radius 2 is 1.58 bits per heavy atom. The van der Waals surface area contributed by atoms with Gasteiger partial charge in [-0.1, -0.05) is 12.1 Å². The van der Waals surface area contributed by atoms with Gasteiger partial charge in [-0.05, 0) is 36.1 Å². The van der Waals surface area contributed by atoms with E-state index in [-0.39, 0.29) is 5.82 Å². The second-order valence-electron chi connectivity index (χ2n) is 3.92. The maximum Gasteiger partial charge on any atom is 0.144 e. The predicted molar refractivity (Wildman–Crippen MR) is 76.7 cm³/mol. The van der Waals surface area contributed by atoms with Crippen molar-refractivity contribution in [2.24, 2.45) is 0 Å². The number of thioether (sulfide) groups is 1. The number of benzene rings is 2. The summed E-state index contributed by atoms with van der Waals surface area (Å²) in [6, 6.07) is 10.7. The smallest absolute Gasteiger partial charge is 0.144 e. The maximum atomic E-state index is 14.3. The SMILES string of the molecule is COc1ccc(-c2cc(OC)cc(SC)c2F)cc1. The third kappa shape index (κ3) is 2.84. The molecule has 100 valence electrons.